The van der Waals surface area contributed by atoms with Gasteiger partial charge in [0.2, 0.25) is 0 Å². The zero-order valence-corrected chi connectivity index (χ0v) is 5.48. The maximum Gasteiger partial charge on any atom is 0.00217 e. The first-order valence-corrected chi connectivity index (χ1v) is 4.15. The largest absolute Gasteiger partial charge is 0.0595 e. The lowest BCUT2D eigenvalue weighted by atomic mass is 9.64. The molecule has 0 radical (unpaired) electrons. The van der Waals surface area contributed by atoms with Gasteiger partial charge in [-0.25, -0.2) is 0 Å². The highest BCUT2D eigenvalue weighted by Gasteiger charge is 2.70. The van der Waals surface area contributed by atoms with Gasteiger partial charge in [-0.2, -0.15) is 0 Å². The quantitative estimate of drug-likeness (QED) is 0.427. The van der Waals surface area contributed by atoms with Crippen LogP contribution in [-0.4, -0.2) is 0 Å². The lowest BCUT2D eigenvalue weighted by molar-refractivity contribution is 0.159. The van der Waals surface area contributed by atoms with Crippen molar-refractivity contribution >= 4 is 0 Å². The first-order valence-electron chi connectivity index (χ1n) is 4.15. The van der Waals surface area contributed by atoms with Crippen LogP contribution in [0.1, 0.15) is 25.7 Å². The van der Waals surface area contributed by atoms with Gasteiger partial charge in [0.25, 0.3) is 0 Å². The topological polar surface area (TPSA) is 0 Å². The molecular weight excluding hydrogens is 108 g/mol. The number of rotatable bonds is 0. The van der Waals surface area contributed by atoms with Crippen molar-refractivity contribution in [1.29, 1.82) is 0 Å². The van der Waals surface area contributed by atoms with Crippen molar-refractivity contribution in [3.05, 3.63) is 11.1 Å². The van der Waals surface area contributed by atoms with Crippen molar-refractivity contribution in [2.75, 3.05) is 0 Å². The molecule has 2 saturated carbocycles. The van der Waals surface area contributed by atoms with E-state index in [1.807, 2.05) is 11.1 Å². The van der Waals surface area contributed by atoms with Crippen molar-refractivity contribution in [2.24, 2.45) is 17.3 Å². The van der Waals surface area contributed by atoms with E-state index in [9.17, 15) is 0 Å². The highest BCUT2D eigenvalue weighted by molar-refractivity contribution is 5.60. The van der Waals surface area contributed by atoms with Crippen molar-refractivity contribution < 1.29 is 0 Å². The highest BCUT2D eigenvalue weighted by Crippen LogP contribution is 2.81. The fourth-order valence-electron chi connectivity index (χ4n) is 3.85. The zero-order valence-electron chi connectivity index (χ0n) is 5.48. The Morgan fingerprint density at radius 1 is 1.33 bits per heavy atom. The monoisotopic (exact) mass is 118 g/mol. The molecule has 0 N–H and O–H groups in total. The van der Waals surface area contributed by atoms with Gasteiger partial charge < -0.3 is 0 Å². The van der Waals surface area contributed by atoms with Crippen LogP contribution in [0.2, 0.25) is 0 Å². The van der Waals surface area contributed by atoms with Crippen LogP contribution in [0, 0.1) is 17.3 Å². The Morgan fingerprint density at radius 3 is 2.78 bits per heavy atom. The van der Waals surface area contributed by atoms with Gasteiger partial charge in [-0.05, 0) is 37.0 Å². The predicted octanol–water partition coefficient (Wildman–Crippen LogP) is 2.12. The van der Waals surface area contributed by atoms with E-state index in [-0.39, 0.29) is 0 Å². The Labute approximate surface area is 54.9 Å². The normalized spacial score (nSPS) is 64.0. The Balaban J connectivity index is 2.08. The maximum atomic E-state index is 1.97. The Kier molecular flexibility index (Phi) is 0.314. The summed E-state index contributed by atoms with van der Waals surface area (Å²) < 4.78 is 0. The van der Waals surface area contributed by atoms with Crippen LogP contribution in [0.15, 0.2) is 11.1 Å². The second kappa shape index (κ2) is 0.744. The third-order valence-corrected chi connectivity index (χ3v) is 4.15. The van der Waals surface area contributed by atoms with E-state index in [2.05, 4.69) is 0 Å². The van der Waals surface area contributed by atoms with E-state index in [1.54, 1.807) is 25.7 Å². The Morgan fingerprint density at radius 2 is 2.22 bits per heavy atom. The highest BCUT2D eigenvalue weighted by atomic mass is 14.7. The second-order valence-corrected chi connectivity index (χ2v) is 4.35. The summed E-state index contributed by atoms with van der Waals surface area (Å²) in [5.41, 5.74) is 4.78. The minimum absolute atomic E-state index is 0.866. The van der Waals surface area contributed by atoms with Gasteiger partial charge in [-0.15, -0.1) is 0 Å². The van der Waals surface area contributed by atoms with Crippen LogP contribution in [-0.2, 0) is 0 Å². The van der Waals surface area contributed by atoms with Crippen molar-refractivity contribution in [1.82, 2.24) is 0 Å². The summed E-state index contributed by atoms with van der Waals surface area (Å²) in [6, 6.07) is 0. The summed E-state index contributed by atoms with van der Waals surface area (Å²) in [7, 11) is 0. The van der Waals surface area contributed by atoms with Crippen LogP contribution < -0.4 is 0 Å². The van der Waals surface area contributed by atoms with Gasteiger partial charge >= 0.3 is 0 Å². The standard InChI is InChI=1S/C9H10/c1-2-9-3-5(4-9)7-6(1)8(7)9/h5-6H,1-4H2. The molecule has 0 aromatic carbocycles. The molecule has 5 aliphatic rings. The second-order valence-electron chi connectivity index (χ2n) is 4.35. The molecule has 2 fully saturated rings. The summed E-state index contributed by atoms with van der Waals surface area (Å²) in [5, 5.41) is 0. The molecule has 1 atom stereocenters. The number of hydrogen-bond donors (Lipinski definition) is 0. The van der Waals surface area contributed by atoms with Gasteiger partial charge in [0, 0.05) is 5.92 Å². The minimum atomic E-state index is 0.866. The first-order chi connectivity index (χ1) is 4.41. The predicted molar refractivity (Wildman–Crippen MR) is 34.9 cm³/mol. The van der Waals surface area contributed by atoms with Crippen LogP contribution >= 0.6 is 0 Å². The van der Waals surface area contributed by atoms with E-state index in [1.165, 1.54) is 0 Å². The van der Waals surface area contributed by atoms with Crippen LogP contribution in [0.25, 0.3) is 0 Å². The third-order valence-electron chi connectivity index (χ3n) is 4.15. The molecule has 0 heteroatoms. The average Bonchev–Trinajstić information content (AvgIpc) is 2.14. The molecule has 0 aliphatic heterocycles. The molecule has 0 amide bonds. The van der Waals surface area contributed by atoms with E-state index in [0.717, 1.165) is 17.3 Å². The lowest BCUT2D eigenvalue weighted by Crippen LogP contribution is -2.30. The van der Waals surface area contributed by atoms with E-state index < -0.39 is 0 Å². The zero-order chi connectivity index (χ0) is 5.64. The van der Waals surface area contributed by atoms with Crippen LogP contribution in [0.4, 0.5) is 0 Å². The molecule has 0 saturated heterocycles. The fourth-order valence-corrected chi connectivity index (χ4v) is 3.85. The third kappa shape index (κ3) is 0.200. The Hall–Kier alpha value is -0.260. The first kappa shape index (κ1) is 3.80. The summed E-state index contributed by atoms with van der Waals surface area (Å²) in [6.45, 7) is 0. The molecule has 1 spiro atoms. The molecule has 5 rings (SSSR count). The molecular formula is C9H10. The molecule has 0 nitrogen and oxygen atoms in total. The SMILES string of the molecule is C1CC23CC(C2)C2=C3C12. The van der Waals surface area contributed by atoms with Crippen molar-refractivity contribution in [3.8, 4) is 0 Å². The summed E-state index contributed by atoms with van der Waals surface area (Å²) in [5.74, 6) is 2.21. The minimum Gasteiger partial charge on any atom is -0.0595 e. The number of allylic oxidation sites excluding steroid dienone is 2. The molecule has 2 bridgehead atoms. The average molecular weight is 118 g/mol. The van der Waals surface area contributed by atoms with Gasteiger partial charge in [-0.1, -0.05) is 11.1 Å². The molecule has 9 heavy (non-hydrogen) atoms. The number of hydrogen-bond acceptors (Lipinski definition) is 0. The fraction of sp³-hybridized carbons (Fsp3) is 0.778. The van der Waals surface area contributed by atoms with Crippen LogP contribution in [0.3, 0.4) is 0 Å². The van der Waals surface area contributed by atoms with Gasteiger partial charge in [0.05, 0.1) is 0 Å². The molecule has 5 aliphatic carbocycles. The van der Waals surface area contributed by atoms with Gasteiger partial charge in [-0.3, -0.25) is 0 Å². The van der Waals surface area contributed by atoms with Crippen LogP contribution in [0.5, 0.6) is 0 Å². The molecule has 1 unspecified atom stereocenters. The van der Waals surface area contributed by atoms with Crippen molar-refractivity contribution in [3.63, 3.8) is 0 Å². The van der Waals surface area contributed by atoms with E-state index in [4.69, 9.17) is 0 Å². The van der Waals surface area contributed by atoms with E-state index in [0.29, 0.717) is 0 Å². The summed E-state index contributed by atoms with van der Waals surface area (Å²) in [4.78, 5) is 0. The summed E-state index contributed by atoms with van der Waals surface area (Å²) >= 11 is 0. The van der Waals surface area contributed by atoms with Gasteiger partial charge in [0.15, 0.2) is 0 Å². The summed E-state index contributed by atoms with van der Waals surface area (Å²) in [6.07, 6.45) is 6.26. The molecule has 0 aromatic rings. The van der Waals surface area contributed by atoms with Crippen molar-refractivity contribution in [2.45, 2.75) is 25.7 Å². The lowest BCUT2D eigenvalue weighted by Gasteiger charge is -2.40. The molecule has 0 heterocycles. The maximum absolute atomic E-state index is 1.97. The van der Waals surface area contributed by atoms with E-state index >= 15 is 0 Å². The van der Waals surface area contributed by atoms with Gasteiger partial charge in [0.1, 0.15) is 0 Å². The molecule has 46 valence electrons. The Bertz CT molecular complexity index is 241. The smallest absolute Gasteiger partial charge is 0.00217 e. The molecule has 0 aromatic heterocycles.